The van der Waals surface area contributed by atoms with Gasteiger partial charge >= 0.3 is 12.1 Å². The van der Waals surface area contributed by atoms with E-state index >= 15 is 0 Å². The van der Waals surface area contributed by atoms with Crippen LogP contribution in [0.15, 0.2) is 72.8 Å². The van der Waals surface area contributed by atoms with Crippen molar-refractivity contribution >= 4 is 17.6 Å². The quantitative estimate of drug-likeness (QED) is 0.417. The lowest BCUT2D eigenvalue weighted by atomic mass is 10.1. The Labute approximate surface area is 175 Å². The Kier molecular flexibility index (Phi) is 6.52. The van der Waals surface area contributed by atoms with Crippen LogP contribution in [0.1, 0.15) is 17.2 Å². The molecule has 4 nitrogen and oxygen atoms in total. The second-order valence-corrected chi connectivity index (χ2v) is 6.60. The number of rotatable bonds is 6. The molecule has 0 saturated carbocycles. The number of hydrogen-bond acceptors (Lipinski definition) is 4. The molecular formula is C22H16ClF3O4. The van der Waals surface area contributed by atoms with E-state index in [0.717, 1.165) is 24.3 Å². The summed E-state index contributed by atoms with van der Waals surface area (Å²) in [5.74, 6) is 0.498. The fourth-order valence-corrected chi connectivity index (χ4v) is 2.69. The summed E-state index contributed by atoms with van der Waals surface area (Å²) < 4.78 is 54.2. The fraction of sp³-hybridized carbons (Fsp3) is 0.136. The Balaban J connectivity index is 1.76. The summed E-state index contributed by atoms with van der Waals surface area (Å²) in [5.41, 5.74) is -0.363. The Morgan fingerprint density at radius 1 is 0.833 bits per heavy atom. The van der Waals surface area contributed by atoms with Crippen LogP contribution in [0.5, 0.6) is 17.2 Å². The number of methoxy groups -OCH3 is 1. The Morgan fingerprint density at radius 2 is 1.33 bits per heavy atom. The third-order valence-electron chi connectivity index (χ3n) is 4.08. The van der Waals surface area contributed by atoms with Crippen LogP contribution in [0.3, 0.4) is 0 Å². The normalized spacial score (nSPS) is 12.2. The summed E-state index contributed by atoms with van der Waals surface area (Å²) in [6.07, 6.45) is -5.61. The average Bonchev–Trinajstić information content (AvgIpc) is 2.73. The summed E-state index contributed by atoms with van der Waals surface area (Å²) in [5, 5.41) is 0.582. The van der Waals surface area contributed by atoms with Crippen LogP contribution in [0.25, 0.3) is 0 Å². The van der Waals surface area contributed by atoms with Gasteiger partial charge in [-0.3, -0.25) is 0 Å². The number of halogens is 4. The van der Waals surface area contributed by atoms with Crippen LogP contribution < -0.4 is 9.47 Å². The van der Waals surface area contributed by atoms with E-state index < -0.39 is 23.8 Å². The zero-order valence-electron chi connectivity index (χ0n) is 15.7. The highest BCUT2D eigenvalue weighted by Crippen LogP contribution is 2.32. The minimum Gasteiger partial charge on any atom is -0.474 e. The number of esters is 1. The number of carbonyl (C=O) groups excluding carboxylic acids is 1. The van der Waals surface area contributed by atoms with Gasteiger partial charge in [0.05, 0.1) is 12.7 Å². The SMILES string of the molecule is COC(=O)C(Oc1ccc(C(F)(F)F)cc1)c1ccc(Oc2ccc(Cl)cc2)cc1. The van der Waals surface area contributed by atoms with E-state index in [1.165, 1.54) is 7.11 Å². The van der Waals surface area contributed by atoms with E-state index in [1.54, 1.807) is 48.5 Å². The molecule has 0 spiro atoms. The lowest BCUT2D eigenvalue weighted by molar-refractivity contribution is -0.149. The minimum absolute atomic E-state index is 0.0971. The first-order valence-corrected chi connectivity index (χ1v) is 9.09. The van der Waals surface area contributed by atoms with E-state index in [2.05, 4.69) is 0 Å². The molecule has 8 heteroatoms. The standard InChI is InChI=1S/C22H16ClF3O4/c1-28-21(27)20(30-19-10-4-15(5-11-19)22(24,25)26)14-2-8-17(9-3-14)29-18-12-6-16(23)7-13-18/h2-13,20H,1H3. The molecule has 30 heavy (non-hydrogen) atoms. The molecule has 0 aliphatic carbocycles. The van der Waals surface area contributed by atoms with Crippen molar-refractivity contribution in [1.82, 2.24) is 0 Å². The second kappa shape index (κ2) is 9.09. The van der Waals surface area contributed by atoms with Gasteiger partial charge in [-0.05, 0) is 60.7 Å². The molecule has 0 saturated heterocycles. The largest absolute Gasteiger partial charge is 0.474 e. The number of carbonyl (C=O) groups is 1. The highest BCUT2D eigenvalue weighted by atomic mass is 35.5. The molecule has 156 valence electrons. The maximum absolute atomic E-state index is 12.7. The summed E-state index contributed by atoms with van der Waals surface area (Å²) in [7, 11) is 1.20. The van der Waals surface area contributed by atoms with Gasteiger partial charge in [0.2, 0.25) is 6.10 Å². The van der Waals surface area contributed by atoms with Crippen molar-refractivity contribution < 1.29 is 32.2 Å². The van der Waals surface area contributed by atoms with Gasteiger partial charge in [0.25, 0.3) is 0 Å². The molecule has 3 aromatic rings. The third kappa shape index (κ3) is 5.45. The van der Waals surface area contributed by atoms with Crippen molar-refractivity contribution in [3.8, 4) is 17.2 Å². The first-order valence-electron chi connectivity index (χ1n) is 8.71. The van der Waals surface area contributed by atoms with Crippen LogP contribution in [-0.4, -0.2) is 13.1 Å². The molecule has 0 aliphatic heterocycles. The lowest BCUT2D eigenvalue weighted by Crippen LogP contribution is -2.20. The summed E-state index contributed by atoms with van der Waals surface area (Å²) in [4.78, 5) is 12.2. The van der Waals surface area contributed by atoms with E-state index in [4.69, 9.17) is 25.8 Å². The van der Waals surface area contributed by atoms with E-state index in [9.17, 15) is 18.0 Å². The van der Waals surface area contributed by atoms with Gasteiger partial charge in [-0.15, -0.1) is 0 Å². The van der Waals surface area contributed by atoms with Crippen LogP contribution in [-0.2, 0) is 15.7 Å². The van der Waals surface area contributed by atoms with E-state index in [0.29, 0.717) is 22.1 Å². The monoisotopic (exact) mass is 436 g/mol. The summed E-state index contributed by atoms with van der Waals surface area (Å²) >= 11 is 5.84. The lowest BCUT2D eigenvalue weighted by Gasteiger charge is -2.18. The van der Waals surface area contributed by atoms with E-state index in [1.807, 2.05) is 0 Å². The van der Waals surface area contributed by atoms with Crippen molar-refractivity contribution in [2.75, 3.05) is 7.11 Å². The molecule has 1 atom stereocenters. The topological polar surface area (TPSA) is 44.8 Å². The summed E-state index contributed by atoms with van der Waals surface area (Å²) in [6, 6.07) is 17.3. The maximum atomic E-state index is 12.7. The van der Waals surface area contributed by atoms with Crippen LogP contribution in [0, 0.1) is 0 Å². The molecule has 3 aromatic carbocycles. The van der Waals surface area contributed by atoms with Crippen molar-refractivity contribution in [1.29, 1.82) is 0 Å². The Bertz CT molecular complexity index is 985. The van der Waals surface area contributed by atoms with Crippen LogP contribution >= 0.6 is 11.6 Å². The fourth-order valence-electron chi connectivity index (χ4n) is 2.57. The predicted molar refractivity (Wildman–Crippen MR) is 105 cm³/mol. The number of ether oxygens (including phenoxy) is 3. The van der Waals surface area contributed by atoms with Gasteiger partial charge in [-0.25, -0.2) is 4.79 Å². The predicted octanol–water partition coefficient (Wildman–Crippen LogP) is 6.44. The first kappa shape index (κ1) is 21.5. The molecule has 0 N–H and O–H groups in total. The molecule has 0 radical (unpaired) electrons. The summed E-state index contributed by atoms with van der Waals surface area (Å²) in [6.45, 7) is 0. The van der Waals surface area contributed by atoms with Crippen molar-refractivity contribution in [2.45, 2.75) is 12.3 Å². The minimum atomic E-state index is -4.46. The third-order valence-corrected chi connectivity index (χ3v) is 4.34. The maximum Gasteiger partial charge on any atom is 0.416 e. The molecule has 0 aromatic heterocycles. The average molecular weight is 437 g/mol. The van der Waals surface area contributed by atoms with Gasteiger partial charge < -0.3 is 14.2 Å². The highest BCUT2D eigenvalue weighted by molar-refractivity contribution is 6.30. The van der Waals surface area contributed by atoms with Gasteiger partial charge in [0.15, 0.2) is 0 Å². The van der Waals surface area contributed by atoms with Gasteiger partial charge in [-0.2, -0.15) is 13.2 Å². The van der Waals surface area contributed by atoms with Gasteiger partial charge in [0, 0.05) is 10.6 Å². The molecule has 0 fully saturated rings. The molecule has 0 bridgehead atoms. The smallest absolute Gasteiger partial charge is 0.416 e. The second-order valence-electron chi connectivity index (χ2n) is 6.17. The molecule has 0 heterocycles. The number of benzene rings is 3. The Hall–Kier alpha value is -3.19. The van der Waals surface area contributed by atoms with Gasteiger partial charge in [-0.1, -0.05) is 23.7 Å². The van der Waals surface area contributed by atoms with Crippen LogP contribution in [0.2, 0.25) is 5.02 Å². The van der Waals surface area contributed by atoms with Crippen molar-refractivity contribution in [3.05, 3.63) is 88.9 Å². The van der Waals surface area contributed by atoms with Crippen molar-refractivity contribution in [3.63, 3.8) is 0 Å². The molecule has 1 unspecified atom stereocenters. The molecule has 0 aliphatic rings. The Morgan fingerprint density at radius 3 is 1.83 bits per heavy atom. The zero-order valence-corrected chi connectivity index (χ0v) is 16.4. The van der Waals surface area contributed by atoms with E-state index in [-0.39, 0.29) is 5.75 Å². The molecule has 3 rings (SSSR count). The van der Waals surface area contributed by atoms with Gasteiger partial charge in [0.1, 0.15) is 17.2 Å². The highest BCUT2D eigenvalue weighted by Gasteiger charge is 2.30. The van der Waals surface area contributed by atoms with Crippen LogP contribution in [0.4, 0.5) is 13.2 Å². The zero-order chi connectivity index (χ0) is 21.7. The van der Waals surface area contributed by atoms with Crippen molar-refractivity contribution in [2.24, 2.45) is 0 Å². The number of alkyl halides is 3. The molecule has 0 amide bonds. The molecular weight excluding hydrogens is 421 g/mol. The number of hydrogen-bond donors (Lipinski definition) is 0. The first-order chi connectivity index (χ1) is 14.3.